The van der Waals surface area contributed by atoms with E-state index in [0.717, 1.165) is 13.0 Å². The molecule has 1 N–H and O–H groups in total. The molecule has 1 aromatic rings. The van der Waals surface area contributed by atoms with Crippen molar-refractivity contribution in [2.45, 2.75) is 12.8 Å². The highest BCUT2D eigenvalue weighted by atomic mass is 16.2. The minimum Gasteiger partial charge on any atom is -0.320 e. The summed E-state index contributed by atoms with van der Waals surface area (Å²) in [4.78, 5) is 17.4. The van der Waals surface area contributed by atoms with Crippen molar-refractivity contribution in [3.63, 3.8) is 0 Å². The van der Waals surface area contributed by atoms with Crippen molar-refractivity contribution in [1.82, 2.24) is 10.3 Å². The van der Waals surface area contributed by atoms with Crippen LogP contribution >= 0.6 is 0 Å². The second-order valence-electron chi connectivity index (χ2n) is 3.35. The Hall–Kier alpha value is -1.42. The molecule has 0 saturated heterocycles. The SMILES string of the molecule is CNCCCC(=O)N(C)c1ccccn1. The summed E-state index contributed by atoms with van der Waals surface area (Å²) in [5.74, 6) is 0.802. The first-order valence-electron chi connectivity index (χ1n) is 5.08. The van der Waals surface area contributed by atoms with Crippen LogP contribution in [0.1, 0.15) is 12.8 Å². The molecule has 0 atom stereocenters. The molecule has 0 unspecified atom stereocenters. The van der Waals surface area contributed by atoms with Crippen molar-refractivity contribution < 1.29 is 4.79 Å². The predicted molar refractivity (Wildman–Crippen MR) is 60.8 cm³/mol. The molecule has 0 aliphatic heterocycles. The van der Waals surface area contributed by atoms with Gasteiger partial charge < -0.3 is 5.32 Å². The summed E-state index contributed by atoms with van der Waals surface area (Å²) in [5, 5.41) is 3.02. The van der Waals surface area contributed by atoms with E-state index in [2.05, 4.69) is 10.3 Å². The first-order chi connectivity index (χ1) is 7.25. The number of aromatic nitrogens is 1. The highest BCUT2D eigenvalue weighted by molar-refractivity contribution is 5.91. The van der Waals surface area contributed by atoms with Gasteiger partial charge in [0.1, 0.15) is 5.82 Å². The summed E-state index contributed by atoms with van der Waals surface area (Å²) >= 11 is 0. The second kappa shape index (κ2) is 6.14. The van der Waals surface area contributed by atoms with Crippen LogP contribution in [0.3, 0.4) is 0 Å². The smallest absolute Gasteiger partial charge is 0.227 e. The lowest BCUT2D eigenvalue weighted by Crippen LogP contribution is -2.27. The largest absolute Gasteiger partial charge is 0.320 e. The molecule has 0 spiro atoms. The van der Waals surface area contributed by atoms with E-state index < -0.39 is 0 Å². The molecule has 82 valence electrons. The highest BCUT2D eigenvalue weighted by Gasteiger charge is 2.10. The van der Waals surface area contributed by atoms with E-state index in [9.17, 15) is 4.79 Å². The molecule has 1 heterocycles. The molecule has 0 aromatic carbocycles. The summed E-state index contributed by atoms with van der Waals surface area (Å²) in [6, 6.07) is 5.54. The van der Waals surface area contributed by atoms with Gasteiger partial charge in [0.25, 0.3) is 0 Å². The third-order valence-electron chi connectivity index (χ3n) is 2.18. The maximum atomic E-state index is 11.7. The van der Waals surface area contributed by atoms with Gasteiger partial charge >= 0.3 is 0 Å². The van der Waals surface area contributed by atoms with Gasteiger partial charge in [-0.15, -0.1) is 0 Å². The number of pyridine rings is 1. The van der Waals surface area contributed by atoms with Crippen LogP contribution < -0.4 is 10.2 Å². The average molecular weight is 207 g/mol. The Morgan fingerprint density at radius 1 is 1.53 bits per heavy atom. The molecule has 15 heavy (non-hydrogen) atoms. The molecule has 4 nitrogen and oxygen atoms in total. The number of rotatable bonds is 5. The number of anilines is 1. The van der Waals surface area contributed by atoms with E-state index in [1.807, 2.05) is 25.2 Å². The molecule has 1 amide bonds. The van der Waals surface area contributed by atoms with Crippen LogP contribution in [0, 0.1) is 0 Å². The van der Waals surface area contributed by atoms with Crippen molar-refractivity contribution in [3.05, 3.63) is 24.4 Å². The Morgan fingerprint density at radius 2 is 2.33 bits per heavy atom. The first kappa shape index (κ1) is 11.7. The zero-order chi connectivity index (χ0) is 11.1. The van der Waals surface area contributed by atoms with Crippen LogP contribution in [0.5, 0.6) is 0 Å². The van der Waals surface area contributed by atoms with Crippen molar-refractivity contribution in [2.75, 3.05) is 25.5 Å². The van der Waals surface area contributed by atoms with Gasteiger partial charge in [-0.05, 0) is 32.1 Å². The predicted octanol–water partition coefficient (Wildman–Crippen LogP) is 1.04. The molecule has 0 fully saturated rings. The zero-order valence-electron chi connectivity index (χ0n) is 9.23. The van der Waals surface area contributed by atoms with Gasteiger partial charge in [-0.1, -0.05) is 6.07 Å². The Balaban J connectivity index is 2.46. The normalized spacial score (nSPS) is 10.0. The van der Waals surface area contributed by atoms with Crippen LogP contribution in [0.15, 0.2) is 24.4 Å². The minimum atomic E-state index is 0.101. The van der Waals surface area contributed by atoms with Gasteiger partial charge in [-0.3, -0.25) is 9.69 Å². The monoisotopic (exact) mass is 207 g/mol. The first-order valence-corrected chi connectivity index (χ1v) is 5.08. The Morgan fingerprint density at radius 3 is 2.93 bits per heavy atom. The fraction of sp³-hybridized carbons (Fsp3) is 0.455. The third kappa shape index (κ3) is 3.67. The molecule has 0 saturated carbocycles. The van der Waals surface area contributed by atoms with Gasteiger partial charge in [0.15, 0.2) is 0 Å². The van der Waals surface area contributed by atoms with Crippen LogP contribution in [0.25, 0.3) is 0 Å². The van der Waals surface area contributed by atoms with E-state index in [1.54, 1.807) is 18.1 Å². The van der Waals surface area contributed by atoms with E-state index in [1.165, 1.54) is 0 Å². The molecule has 4 heteroatoms. The lowest BCUT2D eigenvalue weighted by Gasteiger charge is -2.15. The summed E-state index contributed by atoms with van der Waals surface area (Å²) in [5.41, 5.74) is 0. The number of nitrogens with zero attached hydrogens (tertiary/aromatic N) is 2. The molecular formula is C11H17N3O. The van der Waals surface area contributed by atoms with Gasteiger partial charge in [0.2, 0.25) is 5.91 Å². The Kier molecular flexibility index (Phi) is 4.77. The molecule has 0 bridgehead atoms. The van der Waals surface area contributed by atoms with Crippen LogP contribution in [-0.2, 0) is 4.79 Å². The summed E-state index contributed by atoms with van der Waals surface area (Å²) in [7, 11) is 3.64. The standard InChI is InChI=1S/C11H17N3O/c1-12-8-5-7-11(15)14(2)10-6-3-4-9-13-10/h3-4,6,9,12H,5,7-8H2,1-2H3. The van der Waals surface area contributed by atoms with E-state index in [-0.39, 0.29) is 5.91 Å². The van der Waals surface area contributed by atoms with Gasteiger partial charge in [-0.25, -0.2) is 4.98 Å². The quantitative estimate of drug-likeness (QED) is 0.734. The second-order valence-corrected chi connectivity index (χ2v) is 3.35. The molecule has 0 aliphatic carbocycles. The van der Waals surface area contributed by atoms with E-state index in [0.29, 0.717) is 12.2 Å². The maximum Gasteiger partial charge on any atom is 0.227 e. The molecule has 0 radical (unpaired) electrons. The van der Waals surface area contributed by atoms with E-state index >= 15 is 0 Å². The van der Waals surface area contributed by atoms with E-state index in [4.69, 9.17) is 0 Å². The fourth-order valence-electron chi connectivity index (χ4n) is 1.26. The lowest BCUT2D eigenvalue weighted by atomic mass is 10.3. The van der Waals surface area contributed by atoms with Crippen LogP contribution in [-0.4, -0.2) is 31.5 Å². The average Bonchev–Trinajstić information content (AvgIpc) is 2.29. The minimum absolute atomic E-state index is 0.101. The van der Waals surface area contributed by atoms with Crippen molar-refractivity contribution in [2.24, 2.45) is 0 Å². The highest BCUT2D eigenvalue weighted by Crippen LogP contribution is 2.08. The third-order valence-corrected chi connectivity index (χ3v) is 2.18. The molecule has 0 aliphatic rings. The molecule has 1 rings (SSSR count). The molecular weight excluding hydrogens is 190 g/mol. The summed E-state index contributed by atoms with van der Waals surface area (Å²) in [6.45, 7) is 0.863. The van der Waals surface area contributed by atoms with Gasteiger partial charge in [-0.2, -0.15) is 0 Å². The number of carbonyl (C=O) groups is 1. The number of nitrogens with one attached hydrogen (secondary N) is 1. The number of hydrogen-bond donors (Lipinski definition) is 1. The maximum absolute atomic E-state index is 11.7. The Labute approximate surface area is 90.3 Å². The van der Waals surface area contributed by atoms with Crippen LogP contribution in [0.4, 0.5) is 5.82 Å². The summed E-state index contributed by atoms with van der Waals surface area (Å²) < 4.78 is 0. The van der Waals surface area contributed by atoms with Gasteiger partial charge in [0, 0.05) is 19.7 Å². The van der Waals surface area contributed by atoms with Gasteiger partial charge in [0.05, 0.1) is 0 Å². The van der Waals surface area contributed by atoms with Crippen molar-refractivity contribution in [3.8, 4) is 0 Å². The van der Waals surface area contributed by atoms with Crippen molar-refractivity contribution in [1.29, 1.82) is 0 Å². The topological polar surface area (TPSA) is 45.2 Å². The zero-order valence-corrected chi connectivity index (χ0v) is 9.23. The lowest BCUT2D eigenvalue weighted by molar-refractivity contribution is -0.118. The number of hydrogen-bond acceptors (Lipinski definition) is 3. The number of amides is 1. The Bertz CT molecular complexity index is 300. The van der Waals surface area contributed by atoms with Crippen LogP contribution in [0.2, 0.25) is 0 Å². The summed E-state index contributed by atoms with van der Waals surface area (Å²) in [6.07, 6.45) is 3.09. The van der Waals surface area contributed by atoms with Crippen molar-refractivity contribution >= 4 is 11.7 Å². The number of carbonyl (C=O) groups excluding carboxylic acids is 1. The molecule has 1 aromatic heterocycles. The fourth-order valence-corrected chi connectivity index (χ4v) is 1.26.